The topological polar surface area (TPSA) is 89.6 Å². The largest absolute Gasteiger partial charge is 0.479 e. The van der Waals surface area contributed by atoms with Crippen LogP contribution in [0, 0.1) is 0 Å². The van der Waals surface area contributed by atoms with E-state index in [4.69, 9.17) is 15.6 Å². The second-order valence-corrected chi connectivity index (χ2v) is 5.14. The lowest BCUT2D eigenvalue weighted by Crippen LogP contribution is -2.30. The molecule has 1 unspecified atom stereocenters. The molecular weight excluding hydrogens is 258 g/mol. The molecule has 0 aliphatic carbocycles. The van der Waals surface area contributed by atoms with Crippen LogP contribution >= 0.6 is 0 Å². The van der Waals surface area contributed by atoms with Gasteiger partial charge in [-0.25, -0.2) is 4.79 Å². The third kappa shape index (κ3) is 10.8. The highest BCUT2D eigenvalue weighted by molar-refractivity contribution is 5.78. The number of carbonyl (C=O) groups excluding carboxylic acids is 1. The average molecular weight is 287 g/mol. The third-order valence-corrected chi connectivity index (χ3v) is 3.29. The van der Waals surface area contributed by atoms with E-state index in [1.54, 1.807) is 0 Å². The van der Waals surface area contributed by atoms with Crippen molar-refractivity contribution in [3.05, 3.63) is 0 Å². The molecule has 0 aliphatic heterocycles. The van der Waals surface area contributed by atoms with Gasteiger partial charge in [0.15, 0.2) is 6.10 Å². The number of unbranched alkanes of at least 4 members (excludes halogenated alkanes) is 8. The maximum Gasteiger partial charge on any atom is 0.345 e. The zero-order chi connectivity index (χ0) is 15.2. The summed E-state index contributed by atoms with van der Waals surface area (Å²) in [6.07, 6.45) is 9.82. The Kier molecular flexibility index (Phi) is 12.2. The van der Waals surface area contributed by atoms with Crippen LogP contribution in [0.15, 0.2) is 0 Å². The SMILES string of the molecule is CCCCCCCCCCCC(OC(=O)CN)C(=O)O. The number of esters is 1. The summed E-state index contributed by atoms with van der Waals surface area (Å²) in [6, 6.07) is 0. The van der Waals surface area contributed by atoms with Crippen molar-refractivity contribution in [3.63, 3.8) is 0 Å². The molecule has 3 N–H and O–H groups in total. The molecule has 0 spiro atoms. The molecule has 0 aromatic carbocycles. The molecule has 0 saturated carbocycles. The lowest BCUT2D eigenvalue weighted by Gasteiger charge is -2.12. The van der Waals surface area contributed by atoms with Crippen molar-refractivity contribution >= 4 is 11.9 Å². The zero-order valence-electron chi connectivity index (χ0n) is 12.6. The number of aliphatic carboxylic acids is 1. The Morgan fingerprint density at radius 1 is 1.00 bits per heavy atom. The van der Waals surface area contributed by atoms with E-state index in [2.05, 4.69) is 6.92 Å². The van der Waals surface area contributed by atoms with E-state index >= 15 is 0 Å². The van der Waals surface area contributed by atoms with E-state index in [0.29, 0.717) is 6.42 Å². The van der Waals surface area contributed by atoms with Crippen LogP contribution in [0.25, 0.3) is 0 Å². The van der Waals surface area contributed by atoms with Crippen molar-refractivity contribution in [2.75, 3.05) is 6.54 Å². The van der Waals surface area contributed by atoms with Crippen LogP contribution in [-0.2, 0) is 14.3 Å². The molecular formula is C15H29NO4. The van der Waals surface area contributed by atoms with Crippen molar-refractivity contribution in [1.29, 1.82) is 0 Å². The molecule has 0 rings (SSSR count). The quantitative estimate of drug-likeness (QED) is 0.401. The van der Waals surface area contributed by atoms with E-state index < -0.39 is 18.0 Å². The molecule has 0 fully saturated rings. The van der Waals surface area contributed by atoms with E-state index in [1.807, 2.05) is 0 Å². The molecule has 1 atom stereocenters. The first-order chi connectivity index (χ1) is 9.61. The van der Waals surface area contributed by atoms with E-state index in [1.165, 1.54) is 38.5 Å². The minimum Gasteiger partial charge on any atom is -0.479 e. The van der Waals surface area contributed by atoms with Crippen LogP contribution in [0.4, 0.5) is 0 Å². The molecule has 5 nitrogen and oxygen atoms in total. The molecule has 5 heteroatoms. The number of hydrogen-bond donors (Lipinski definition) is 2. The standard InChI is InChI=1S/C15H29NO4/c1-2-3-4-5-6-7-8-9-10-11-13(15(18)19)20-14(17)12-16/h13H,2-12,16H2,1H3,(H,18,19). The maximum atomic E-state index is 11.0. The Hall–Kier alpha value is -1.10. The maximum absolute atomic E-state index is 11.0. The van der Waals surface area contributed by atoms with Crippen LogP contribution in [0.3, 0.4) is 0 Å². The van der Waals surface area contributed by atoms with Crippen LogP contribution in [0.2, 0.25) is 0 Å². The van der Waals surface area contributed by atoms with Crippen molar-refractivity contribution in [2.45, 2.75) is 77.2 Å². The smallest absolute Gasteiger partial charge is 0.345 e. The van der Waals surface area contributed by atoms with Gasteiger partial charge in [-0.2, -0.15) is 0 Å². The predicted molar refractivity (Wildman–Crippen MR) is 78.4 cm³/mol. The lowest BCUT2D eigenvalue weighted by atomic mass is 10.1. The van der Waals surface area contributed by atoms with Gasteiger partial charge in [0.1, 0.15) is 0 Å². The van der Waals surface area contributed by atoms with E-state index in [9.17, 15) is 9.59 Å². The lowest BCUT2D eigenvalue weighted by molar-refractivity contribution is -0.163. The molecule has 0 bridgehead atoms. The summed E-state index contributed by atoms with van der Waals surface area (Å²) in [4.78, 5) is 21.9. The van der Waals surface area contributed by atoms with Gasteiger partial charge in [0.25, 0.3) is 0 Å². The summed E-state index contributed by atoms with van der Waals surface area (Å²) in [6.45, 7) is 1.93. The number of carboxylic acid groups (broad SMARTS) is 1. The van der Waals surface area contributed by atoms with Crippen LogP contribution < -0.4 is 5.73 Å². The summed E-state index contributed by atoms with van der Waals surface area (Å²) in [5.74, 6) is -1.75. The normalized spacial score (nSPS) is 12.1. The molecule has 0 radical (unpaired) electrons. The number of nitrogens with two attached hydrogens (primary N) is 1. The Bertz CT molecular complexity index is 269. The predicted octanol–water partition coefficient (Wildman–Crippen LogP) is 2.86. The first kappa shape index (κ1) is 18.9. The molecule has 0 heterocycles. The van der Waals surface area contributed by atoms with E-state index in [-0.39, 0.29) is 6.54 Å². The van der Waals surface area contributed by atoms with Crippen LogP contribution in [0.5, 0.6) is 0 Å². The summed E-state index contributed by atoms with van der Waals surface area (Å²) >= 11 is 0. The van der Waals surface area contributed by atoms with Gasteiger partial charge < -0.3 is 15.6 Å². The summed E-state index contributed by atoms with van der Waals surface area (Å²) in [7, 11) is 0. The van der Waals surface area contributed by atoms with Crippen molar-refractivity contribution < 1.29 is 19.4 Å². The second kappa shape index (κ2) is 12.9. The summed E-state index contributed by atoms with van der Waals surface area (Å²) < 4.78 is 4.77. The highest BCUT2D eigenvalue weighted by Crippen LogP contribution is 2.12. The fourth-order valence-corrected chi connectivity index (χ4v) is 2.08. The molecule has 0 aromatic heterocycles. The fraction of sp³-hybridized carbons (Fsp3) is 0.867. The summed E-state index contributed by atoms with van der Waals surface area (Å²) in [5, 5.41) is 8.92. The van der Waals surface area contributed by atoms with Crippen molar-refractivity contribution in [2.24, 2.45) is 5.73 Å². The molecule has 118 valence electrons. The van der Waals surface area contributed by atoms with Gasteiger partial charge in [0.2, 0.25) is 0 Å². The van der Waals surface area contributed by atoms with Gasteiger partial charge in [-0.15, -0.1) is 0 Å². The highest BCUT2D eigenvalue weighted by Gasteiger charge is 2.20. The Balaban J connectivity index is 3.54. The molecule has 0 aromatic rings. The number of carbonyl (C=O) groups is 2. The molecule has 20 heavy (non-hydrogen) atoms. The number of ether oxygens (including phenoxy) is 1. The minimum absolute atomic E-state index is 0.276. The number of hydrogen-bond acceptors (Lipinski definition) is 4. The average Bonchev–Trinajstić information content (AvgIpc) is 2.43. The molecule has 0 amide bonds. The van der Waals surface area contributed by atoms with E-state index in [0.717, 1.165) is 19.3 Å². The molecule has 0 saturated heterocycles. The zero-order valence-corrected chi connectivity index (χ0v) is 12.6. The Morgan fingerprint density at radius 3 is 1.95 bits per heavy atom. The molecule has 0 aliphatic rings. The number of rotatable bonds is 13. The van der Waals surface area contributed by atoms with Crippen LogP contribution in [-0.4, -0.2) is 29.7 Å². The second-order valence-electron chi connectivity index (χ2n) is 5.14. The first-order valence-electron chi connectivity index (χ1n) is 7.74. The van der Waals surface area contributed by atoms with Crippen molar-refractivity contribution in [3.8, 4) is 0 Å². The number of carboxylic acids is 1. The van der Waals surface area contributed by atoms with Crippen LogP contribution in [0.1, 0.15) is 71.1 Å². The van der Waals surface area contributed by atoms with Gasteiger partial charge in [0, 0.05) is 0 Å². The van der Waals surface area contributed by atoms with Gasteiger partial charge in [-0.3, -0.25) is 4.79 Å². The highest BCUT2D eigenvalue weighted by atomic mass is 16.6. The van der Waals surface area contributed by atoms with Crippen molar-refractivity contribution in [1.82, 2.24) is 0 Å². The van der Waals surface area contributed by atoms with Gasteiger partial charge in [-0.1, -0.05) is 58.3 Å². The summed E-state index contributed by atoms with van der Waals surface area (Å²) in [5.41, 5.74) is 5.10. The van der Waals surface area contributed by atoms with Gasteiger partial charge >= 0.3 is 11.9 Å². The Labute approximate surface area is 121 Å². The minimum atomic E-state index is -1.09. The van der Waals surface area contributed by atoms with Gasteiger partial charge in [-0.05, 0) is 12.8 Å². The third-order valence-electron chi connectivity index (χ3n) is 3.29. The Morgan fingerprint density at radius 2 is 1.50 bits per heavy atom. The monoisotopic (exact) mass is 287 g/mol. The fourth-order valence-electron chi connectivity index (χ4n) is 2.08. The first-order valence-corrected chi connectivity index (χ1v) is 7.74. The van der Waals surface area contributed by atoms with Gasteiger partial charge in [0.05, 0.1) is 6.54 Å².